The molecule has 0 unspecified atom stereocenters. The maximum atomic E-state index is 5.68. The minimum absolute atomic E-state index is 0.188. The van der Waals surface area contributed by atoms with Crippen LogP contribution in [-0.4, -0.2) is 19.9 Å². The van der Waals surface area contributed by atoms with Gasteiger partial charge in [0, 0.05) is 17.8 Å². The van der Waals surface area contributed by atoms with E-state index in [1.807, 2.05) is 30.3 Å². The lowest BCUT2D eigenvalue weighted by Crippen LogP contribution is -2.12. The average Bonchev–Trinajstić information content (AvgIpc) is 2.48. The Kier molecular flexibility index (Phi) is 3.22. The molecule has 0 radical (unpaired) electrons. The number of hydrogen-bond acceptors (Lipinski definition) is 5. The van der Waals surface area contributed by atoms with Gasteiger partial charge in [0.2, 0.25) is 0 Å². The van der Waals surface area contributed by atoms with Crippen molar-refractivity contribution in [1.82, 2.24) is 15.0 Å². The smallest absolute Gasteiger partial charge is 0.322 e. The zero-order valence-corrected chi connectivity index (χ0v) is 11.2. The highest BCUT2D eigenvalue weighted by Gasteiger charge is 2.07. The van der Waals surface area contributed by atoms with E-state index >= 15 is 0 Å². The monoisotopic (exact) mass is 282 g/mol. The minimum atomic E-state index is 0.188. The Morgan fingerprint density at radius 1 is 1.05 bits per heavy atom. The van der Waals surface area contributed by atoms with Crippen molar-refractivity contribution in [3.05, 3.63) is 54.5 Å². The number of nitrogens with zero attached hydrogens (tertiary/aromatic N) is 3. The number of hydrogen-bond donors (Lipinski definition) is 1. The molecular weight excluding hydrogens is 272 g/mol. The fraction of sp³-hybridized carbons (Fsp3) is 0. The van der Waals surface area contributed by atoms with Crippen LogP contribution in [0.5, 0.6) is 11.8 Å². The highest BCUT2D eigenvalue weighted by atomic mass is 32.1. The van der Waals surface area contributed by atoms with Gasteiger partial charge in [0.1, 0.15) is 16.2 Å². The van der Waals surface area contributed by atoms with Crippen molar-refractivity contribution in [2.45, 2.75) is 0 Å². The van der Waals surface area contributed by atoms with Gasteiger partial charge in [-0.25, -0.2) is 4.98 Å². The van der Waals surface area contributed by atoms with Crippen molar-refractivity contribution in [1.29, 1.82) is 0 Å². The van der Waals surface area contributed by atoms with Crippen molar-refractivity contribution in [3.8, 4) is 11.8 Å². The van der Waals surface area contributed by atoms with E-state index in [-0.39, 0.29) is 11.0 Å². The summed E-state index contributed by atoms with van der Waals surface area (Å²) in [6.45, 7) is 0. The molecule has 2 aromatic heterocycles. The molecule has 0 spiro atoms. The predicted molar refractivity (Wildman–Crippen MR) is 79.7 cm³/mol. The summed E-state index contributed by atoms with van der Waals surface area (Å²) in [5.41, 5.74) is 6.76. The number of pyridine rings is 1. The van der Waals surface area contributed by atoms with Crippen LogP contribution >= 0.6 is 12.2 Å². The lowest BCUT2D eigenvalue weighted by Gasteiger charge is -2.07. The Morgan fingerprint density at radius 2 is 1.90 bits per heavy atom. The summed E-state index contributed by atoms with van der Waals surface area (Å²) < 4.78 is 5.68. The van der Waals surface area contributed by atoms with Crippen LogP contribution in [0.25, 0.3) is 10.9 Å². The van der Waals surface area contributed by atoms with E-state index in [9.17, 15) is 0 Å². The topological polar surface area (TPSA) is 73.9 Å². The summed E-state index contributed by atoms with van der Waals surface area (Å²) in [6.07, 6.45) is 3.26. The molecule has 0 fully saturated rings. The van der Waals surface area contributed by atoms with Gasteiger partial charge in [0.15, 0.2) is 5.75 Å². The second kappa shape index (κ2) is 5.18. The van der Waals surface area contributed by atoms with Gasteiger partial charge in [0.25, 0.3) is 0 Å². The minimum Gasteiger partial charge on any atom is -0.422 e. The molecule has 5 nitrogen and oxygen atoms in total. The third-order valence-corrected chi connectivity index (χ3v) is 2.89. The Morgan fingerprint density at radius 3 is 2.75 bits per heavy atom. The van der Waals surface area contributed by atoms with Crippen molar-refractivity contribution in [3.63, 3.8) is 0 Å². The first-order valence-corrected chi connectivity index (χ1v) is 6.29. The molecule has 20 heavy (non-hydrogen) atoms. The summed E-state index contributed by atoms with van der Waals surface area (Å²) >= 11 is 4.88. The third-order valence-electron chi connectivity index (χ3n) is 2.68. The van der Waals surface area contributed by atoms with E-state index in [0.29, 0.717) is 11.4 Å². The van der Waals surface area contributed by atoms with E-state index < -0.39 is 0 Å². The highest BCUT2D eigenvalue weighted by molar-refractivity contribution is 7.80. The summed E-state index contributed by atoms with van der Waals surface area (Å²) in [4.78, 5) is 12.7. The summed E-state index contributed by atoms with van der Waals surface area (Å²) in [7, 11) is 0. The molecule has 3 rings (SSSR count). The van der Waals surface area contributed by atoms with E-state index in [1.165, 1.54) is 0 Å². The van der Waals surface area contributed by atoms with Gasteiger partial charge in [0.05, 0.1) is 0 Å². The molecule has 1 aromatic carbocycles. The fourth-order valence-corrected chi connectivity index (χ4v) is 1.90. The molecule has 2 heterocycles. The molecule has 2 N–H and O–H groups in total. The lowest BCUT2D eigenvalue weighted by atomic mass is 10.2. The number of ether oxygens (including phenoxy) is 1. The molecule has 3 aromatic rings. The molecule has 6 heteroatoms. The molecule has 0 bridgehead atoms. The Balaban J connectivity index is 2.01. The molecule has 0 amide bonds. The van der Waals surface area contributed by atoms with Crippen LogP contribution in [0.4, 0.5) is 0 Å². The van der Waals surface area contributed by atoms with E-state index in [4.69, 9.17) is 22.7 Å². The zero-order valence-electron chi connectivity index (χ0n) is 10.4. The van der Waals surface area contributed by atoms with Crippen LogP contribution in [0.15, 0.2) is 48.8 Å². The van der Waals surface area contributed by atoms with Gasteiger partial charge in [-0.2, -0.15) is 4.98 Å². The van der Waals surface area contributed by atoms with Crippen LogP contribution in [0, 0.1) is 0 Å². The Bertz CT molecular complexity index is 785. The largest absolute Gasteiger partial charge is 0.422 e. The number of fused-ring (bicyclic) bond motifs is 1. The predicted octanol–water partition coefficient (Wildman–Crippen LogP) is 2.45. The molecule has 0 aliphatic carbocycles. The van der Waals surface area contributed by atoms with Gasteiger partial charge >= 0.3 is 6.01 Å². The fourth-order valence-electron chi connectivity index (χ4n) is 1.78. The van der Waals surface area contributed by atoms with Crippen molar-refractivity contribution >= 4 is 28.1 Å². The molecule has 0 aliphatic rings. The van der Waals surface area contributed by atoms with Crippen LogP contribution in [0.3, 0.4) is 0 Å². The van der Waals surface area contributed by atoms with E-state index in [0.717, 1.165) is 10.9 Å². The highest BCUT2D eigenvalue weighted by Crippen LogP contribution is 2.26. The molecular formula is C14H10N4OS. The molecule has 98 valence electrons. The van der Waals surface area contributed by atoms with Gasteiger partial charge in [-0.1, -0.05) is 30.4 Å². The standard InChI is InChI=1S/C14H10N4OS/c15-13(20)10-6-8-17-14(18-10)19-11-5-1-3-9-4-2-7-16-12(9)11/h1-8H,(H2,15,20). The van der Waals surface area contributed by atoms with Crippen LogP contribution in [0.2, 0.25) is 0 Å². The first-order chi connectivity index (χ1) is 9.74. The van der Waals surface area contributed by atoms with Crippen LogP contribution in [-0.2, 0) is 0 Å². The Labute approximate surface area is 120 Å². The van der Waals surface area contributed by atoms with Crippen molar-refractivity contribution < 1.29 is 4.74 Å². The molecule has 0 saturated carbocycles. The van der Waals surface area contributed by atoms with Crippen molar-refractivity contribution in [2.24, 2.45) is 5.73 Å². The van der Waals surface area contributed by atoms with E-state index in [2.05, 4.69) is 15.0 Å². The summed E-state index contributed by atoms with van der Waals surface area (Å²) in [5.74, 6) is 0.586. The first-order valence-electron chi connectivity index (χ1n) is 5.88. The van der Waals surface area contributed by atoms with E-state index in [1.54, 1.807) is 18.5 Å². The second-order valence-electron chi connectivity index (χ2n) is 4.02. The maximum absolute atomic E-state index is 5.68. The number of benzene rings is 1. The van der Waals surface area contributed by atoms with Gasteiger partial charge in [-0.05, 0) is 18.2 Å². The van der Waals surface area contributed by atoms with Gasteiger partial charge in [-0.15, -0.1) is 0 Å². The number of nitrogens with two attached hydrogens (primary N) is 1. The third kappa shape index (κ3) is 2.41. The van der Waals surface area contributed by atoms with Gasteiger partial charge in [-0.3, -0.25) is 4.98 Å². The second-order valence-corrected chi connectivity index (χ2v) is 4.46. The lowest BCUT2D eigenvalue weighted by molar-refractivity contribution is 0.445. The average molecular weight is 282 g/mol. The SMILES string of the molecule is NC(=S)c1ccnc(Oc2cccc3cccnc23)n1. The van der Waals surface area contributed by atoms with Gasteiger partial charge < -0.3 is 10.5 Å². The van der Waals surface area contributed by atoms with Crippen LogP contribution < -0.4 is 10.5 Å². The zero-order chi connectivity index (χ0) is 13.9. The number of thiocarbonyl (C=S) groups is 1. The first kappa shape index (κ1) is 12.4. The normalized spacial score (nSPS) is 10.4. The molecule has 0 saturated heterocycles. The Hall–Kier alpha value is -2.60. The number of para-hydroxylation sites is 1. The number of aromatic nitrogens is 3. The molecule has 0 atom stereocenters. The molecule has 0 aliphatic heterocycles. The number of rotatable bonds is 3. The maximum Gasteiger partial charge on any atom is 0.322 e. The quantitative estimate of drug-likeness (QED) is 0.744. The van der Waals surface area contributed by atoms with Crippen LogP contribution in [0.1, 0.15) is 5.69 Å². The summed E-state index contributed by atoms with van der Waals surface area (Å²) in [5, 5.41) is 0.982. The van der Waals surface area contributed by atoms with Crippen molar-refractivity contribution in [2.75, 3.05) is 0 Å². The summed E-state index contributed by atoms with van der Waals surface area (Å²) in [6, 6.07) is 11.3.